The fourth-order valence-electron chi connectivity index (χ4n) is 3.56. The van der Waals surface area contributed by atoms with Gasteiger partial charge in [-0.2, -0.15) is 0 Å². The van der Waals surface area contributed by atoms with Crippen molar-refractivity contribution >= 4 is 29.0 Å². The van der Waals surface area contributed by atoms with Crippen molar-refractivity contribution in [1.29, 1.82) is 0 Å². The number of nitrogens with one attached hydrogen (secondary N) is 2. The summed E-state index contributed by atoms with van der Waals surface area (Å²) in [6, 6.07) is 3.45. The van der Waals surface area contributed by atoms with Gasteiger partial charge in [-0.05, 0) is 44.2 Å². The summed E-state index contributed by atoms with van der Waals surface area (Å²) >= 11 is 5.37. The lowest BCUT2D eigenvalue weighted by Gasteiger charge is -2.17. The maximum atomic E-state index is 12.9. The molecule has 0 saturated heterocycles. The number of nitrogens with zero attached hydrogens (tertiary/aromatic N) is 2. The Morgan fingerprint density at radius 2 is 1.93 bits per heavy atom. The molecule has 1 aromatic heterocycles. The Morgan fingerprint density at radius 3 is 2.67 bits per heavy atom. The summed E-state index contributed by atoms with van der Waals surface area (Å²) in [5.41, 5.74) is 0.507. The highest BCUT2D eigenvalue weighted by Gasteiger charge is 2.17. The van der Waals surface area contributed by atoms with Crippen LogP contribution in [0.1, 0.15) is 39.5 Å². The van der Waals surface area contributed by atoms with Crippen LogP contribution in [0, 0.1) is 4.77 Å². The first-order chi connectivity index (χ1) is 14.5. The van der Waals surface area contributed by atoms with Crippen molar-refractivity contribution < 1.29 is 14.3 Å². The Morgan fingerprint density at radius 1 is 1.20 bits per heavy atom. The summed E-state index contributed by atoms with van der Waals surface area (Å²) in [5.74, 6) is 1.27. The summed E-state index contributed by atoms with van der Waals surface area (Å²) in [4.78, 5) is 30.2. The lowest BCUT2D eigenvalue weighted by Crippen LogP contribution is -2.34. The van der Waals surface area contributed by atoms with E-state index in [1.807, 2.05) is 0 Å². The predicted octanol–water partition coefficient (Wildman–Crippen LogP) is 2.81. The Kier molecular flexibility index (Phi) is 7.87. The average molecular weight is 435 g/mol. The summed E-state index contributed by atoms with van der Waals surface area (Å²) in [6.45, 7) is 8.45. The fraction of sp³-hybridized carbons (Fsp3) is 0.571. The second-order valence-corrected chi connectivity index (χ2v) is 7.71. The molecule has 0 radical (unpaired) electrons. The molecule has 0 bridgehead atoms. The molecule has 30 heavy (non-hydrogen) atoms. The molecule has 0 fully saturated rings. The summed E-state index contributed by atoms with van der Waals surface area (Å²) in [5, 5.41) is 3.50. The molecule has 8 nitrogen and oxygen atoms in total. The number of aromatic amines is 1. The van der Waals surface area contributed by atoms with Gasteiger partial charge in [0.2, 0.25) is 12.7 Å². The van der Waals surface area contributed by atoms with Gasteiger partial charge < -0.3 is 24.7 Å². The van der Waals surface area contributed by atoms with E-state index < -0.39 is 0 Å². The standard InChI is InChI=1S/C21H30N4O4S/c1-3-24(4-2)11-9-22-19(26)8-6-5-7-10-25-20(27)15-12-17-18(29-14-28-17)13-16(15)23-21(25)30/h12-13H,3-11,14H2,1-2H3,(H,22,26)(H,23,30). The van der Waals surface area contributed by atoms with E-state index >= 15 is 0 Å². The third kappa shape index (κ3) is 5.40. The van der Waals surface area contributed by atoms with Crippen molar-refractivity contribution in [1.82, 2.24) is 19.8 Å². The van der Waals surface area contributed by atoms with Crippen LogP contribution in [0.3, 0.4) is 0 Å². The van der Waals surface area contributed by atoms with E-state index in [1.54, 1.807) is 16.7 Å². The molecule has 0 atom stereocenters. The molecule has 0 aliphatic carbocycles. The van der Waals surface area contributed by atoms with Crippen LogP contribution in [0.25, 0.3) is 10.9 Å². The van der Waals surface area contributed by atoms with E-state index in [4.69, 9.17) is 21.7 Å². The Balaban J connectivity index is 1.47. The smallest absolute Gasteiger partial charge is 0.262 e. The normalized spacial score (nSPS) is 12.6. The summed E-state index contributed by atoms with van der Waals surface area (Å²) in [7, 11) is 0. The molecule has 1 amide bonds. The number of benzene rings is 1. The molecular weight excluding hydrogens is 404 g/mol. The number of likely N-dealkylation sites (N-methyl/N-ethyl adjacent to an activating group) is 1. The average Bonchev–Trinajstić information content (AvgIpc) is 3.19. The molecule has 1 aliphatic rings. The molecule has 164 valence electrons. The number of unbranched alkanes of at least 4 members (excludes halogenated alkanes) is 2. The molecule has 1 aliphatic heterocycles. The van der Waals surface area contributed by atoms with Gasteiger partial charge in [-0.1, -0.05) is 20.3 Å². The number of aromatic nitrogens is 2. The van der Waals surface area contributed by atoms with Crippen LogP contribution in [0.5, 0.6) is 11.5 Å². The minimum atomic E-state index is -0.138. The third-order valence-electron chi connectivity index (χ3n) is 5.41. The van der Waals surface area contributed by atoms with Crippen LogP contribution in [0.2, 0.25) is 0 Å². The van der Waals surface area contributed by atoms with E-state index in [-0.39, 0.29) is 18.3 Å². The number of rotatable bonds is 11. The van der Waals surface area contributed by atoms with Crippen molar-refractivity contribution in [2.45, 2.75) is 46.1 Å². The minimum absolute atomic E-state index is 0.0818. The van der Waals surface area contributed by atoms with Gasteiger partial charge in [0.05, 0.1) is 10.9 Å². The topological polar surface area (TPSA) is 88.6 Å². The zero-order valence-electron chi connectivity index (χ0n) is 17.7. The van der Waals surface area contributed by atoms with Crippen LogP contribution in [-0.4, -0.2) is 53.3 Å². The van der Waals surface area contributed by atoms with Crippen molar-refractivity contribution in [3.05, 3.63) is 27.3 Å². The van der Waals surface area contributed by atoms with E-state index in [2.05, 4.69) is 29.0 Å². The number of carbonyl (C=O) groups is 1. The number of hydrogen-bond acceptors (Lipinski definition) is 6. The maximum absolute atomic E-state index is 12.9. The largest absolute Gasteiger partial charge is 0.454 e. The second kappa shape index (κ2) is 10.6. The number of fused-ring (bicyclic) bond motifs is 2. The molecule has 0 saturated carbocycles. The number of ether oxygens (including phenoxy) is 2. The SMILES string of the molecule is CCN(CC)CCNC(=O)CCCCCn1c(=S)[nH]c2cc3c(cc2c1=O)OCO3. The molecule has 2 heterocycles. The Labute approximate surface area is 181 Å². The highest BCUT2D eigenvalue weighted by molar-refractivity contribution is 7.71. The van der Waals surface area contributed by atoms with Gasteiger partial charge in [-0.3, -0.25) is 14.2 Å². The van der Waals surface area contributed by atoms with Crippen LogP contribution in [0.15, 0.2) is 16.9 Å². The van der Waals surface area contributed by atoms with Gasteiger partial charge in [0.25, 0.3) is 5.56 Å². The maximum Gasteiger partial charge on any atom is 0.262 e. The van der Waals surface area contributed by atoms with Crippen molar-refractivity contribution in [2.75, 3.05) is 33.0 Å². The van der Waals surface area contributed by atoms with Gasteiger partial charge in [0.1, 0.15) is 0 Å². The molecular formula is C21H30N4O4S. The zero-order valence-corrected chi connectivity index (χ0v) is 18.5. The fourth-order valence-corrected chi connectivity index (χ4v) is 3.84. The van der Waals surface area contributed by atoms with Crippen LogP contribution < -0.4 is 20.3 Å². The van der Waals surface area contributed by atoms with Crippen LogP contribution in [0.4, 0.5) is 0 Å². The molecule has 0 spiro atoms. The number of H-pyrrole nitrogens is 1. The van der Waals surface area contributed by atoms with Crippen LogP contribution >= 0.6 is 12.2 Å². The summed E-state index contributed by atoms with van der Waals surface area (Å²) in [6.07, 6.45) is 2.92. The van der Waals surface area contributed by atoms with Crippen LogP contribution in [-0.2, 0) is 11.3 Å². The molecule has 3 rings (SSSR count). The number of amides is 1. The zero-order chi connectivity index (χ0) is 21.5. The molecule has 2 N–H and O–H groups in total. The van der Waals surface area contributed by atoms with Gasteiger partial charge in [0.15, 0.2) is 16.3 Å². The van der Waals surface area contributed by atoms with Gasteiger partial charge in [-0.25, -0.2) is 0 Å². The summed E-state index contributed by atoms with van der Waals surface area (Å²) < 4.78 is 12.7. The monoisotopic (exact) mass is 434 g/mol. The van der Waals surface area contributed by atoms with E-state index in [9.17, 15) is 9.59 Å². The lowest BCUT2D eigenvalue weighted by atomic mass is 10.2. The molecule has 1 aromatic carbocycles. The Bertz CT molecular complexity index is 997. The number of hydrogen-bond donors (Lipinski definition) is 2. The third-order valence-corrected chi connectivity index (χ3v) is 5.73. The van der Waals surface area contributed by atoms with E-state index in [1.165, 1.54) is 0 Å². The van der Waals surface area contributed by atoms with Crippen molar-refractivity contribution in [3.8, 4) is 11.5 Å². The first kappa shape index (κ1) is 22.3. The van der Waals surface area contributed by atoms with E-state index in [0.29, 0.717) is 46.7 Å². The lowest BCUT2D eigenvalue weighted by molar-refractivity contribution is -0.121. The highest BCUT2D eigenvalue weighted by Crippen LogP contribution is 2.34. The highest BCUT2D eigenvalue weighted by atomic mass is 32.1. The van der Waals surface area contributed by atoms with Crippen molar-refractivity contribution in [3.63, 3.8) is 0 Å². The molecule has 0 unspecified atom stereocenters. The Hall–Kier alpha value is -2.39. The number of carbonyl (C=O) groups excluding carboxylic acids is 1. The van der Waals surface area contributed by atoms with Gasteiger partial charge >= 0.3 is 0 Å². The van der Waals surface area contributed by atoms with E-state index in [0.717, 1.165) is 38.9 Å². The van der Waals surface area contributed by atoms with Crippen molar-refractivity contribution in [2.24, 2.45) is 0 Å². The first-order valence-corrected chi connectivity index (χ1v) is 11.0. The second-order valence-electron chi connectivity index (χ2n) is 7.33. The molecule has 9 heteroatoms. The first-order valence-electron chi connectivity index (χ1n) is 10.6. The van der Waals surface area contributed by atoms with Gasteiger partial charge in [-0.15, -0.1) is 0 Å². The minimum Gasteiger partial charge on any atom is -0.454 e. The van der Waals surface area contributed by atoms with Gasteiger partial charge in [0, 0.05) is 32.1 Å². The quantitative estimate of drug-likeness (QED) is 0.418. The molecule has 2 aromatic rings. The predicted molar refractivity (Wildman–Crippen MR) is 119 cm³/mol.